The number of nitrogens with one attached hydrogen (secondary N) is 1. The summed E-state index contributed by atoms with van der Waals surface area (Å²) in [6.07, 6.45) is 1.13. The van der Waals surface area contributed by atoms with Crippen LogP contribution in [0.4, 0.5) is 0 Å². The molecular weight excluding hydrogens is 398 g/mol. The van der Waals surface area contributed by atoms with Crippen molar-refractivity contribution in [2.75, 3.05) is 45.8 Å². The van der Waals surface area contributed by atoms with Crippen LogP contribution in [0, 0.1) is 0 Å². The molecule has 0 saturated carbocycles. The van der Waals surface area contributed by atoms with Crippen molar-refractivity contribution in [1.29, 1.82) is 0 Å². The zero-order valence-corrected chi connectivity index (χ0v) is 18.2. The zero-order valence-electron chi connectivity index (χ0n) is 17.4. The van der Waals surface area contributed by atoms with E-state index in [1.807, 2.05) is 4.90 Å². The molecule has 2 fully saturated rings. The molecule has 2 aromatic rings. The Morgan fingerprint density at radius 1 is 0.900 bits per heavy atom. The number of likely N-dealkylation sites (tertiary alicyclic amines) is 1. The molecule has 1 unspecified atom stereocenters. The maximum atomic E-state index is 11.8. The van der Waals surface area contributed by atoms with Crippen molar-refractivity contribution in [3.63, 3.8) is 0 Å². The van der Waals surface area contributed by atoms with Crippen LogP contribution in [-0.4, -0.2) is 72.7 Å². The number of rotatable bonds is 7. The predicted molar refractivity (Wildman–Crippen MR) is 114 cm³/mol. The number of aliphatic hydroxyl groups excluding tert-OH is 1. The Kier molecular flexibility index (Phi) is 8.28. The van der Waals surface area contributed by atoms with Crippen LogP contribution in [0.1, 0.15) is 30.0 Å². The van der Waals surface area contributed by atoms with Crippen molar-refractivity contribution in [1.82, 2.24) is 9.80 Å². The summed E-state index contributed by atoms with van der Waals surface area (Å²) in [5, 5.41) is 10.5. The summed E-state index contributed by atoms with van der Waals surface area (Å²) in [5.74, 6) is 0.192. The molecule has 2 aromatic carbocycles. The summed E-state index contributed by atoms with van der Waals surface area (Å²) in [6.45, 7) is 6.04. The van der Waals surface area contributed by atoms with E-state index in [1.54, 1.807) is 0 Å². The highest BCUT2D eigenvalue weighted by Crippen LogP contribution is 2.28. The number of carbonyl (C=O) groups excluding carboxylic acids is 1. The van der Waals surface area contributed by atoms with Crippen LogP contribution in [0.25, 0.3) is 0 Å². The molecular formula is C24H32ClN3O2. The molecule has 1 amide bonds. The first kappa shape index (κ1) is 22.8. The van der Waals surface area contributed by atoms with Crippen LogP contribution in [-0.2, 0) is 4.79 Å². The van der Waals surface area contributed by atoms with Gasteiger partial charge >= 0.3 is 0 Å². The Morgan fingerprint density at radius 2 is 1.47 bits per heavy atom. The van der Waals surface area contributed by atoms with Crippen molar-refractivity contribution in [2.45, 2.75) is 25.0 Å². The fraction of sp³-hybridized carbons (Fsp3) is 0.458. The van der Waals surface area contributed by atoms with Crippen molar-refractivity contribution in [3.8, 4) is 0 Å². The SMILES string of the molecule is O=C1CCCN1CC(O)C[NH+]1CCN(C(c2ccccc2)c2ccccc2)CC1.[Cl-]. The van der Waals surface area contributed by atoms with E-state index in [4.69, 9.17) is 0 Å². The number of halogens is 1. The molecule has 0 aromatic heterocycles. The molecule has 4 rings (SSSR count). The molecule has 6 heteroatoms. The van der Waals surface area contributed by atoms with Gasteiger partial charge in [-0.3, -0.25) is 9.69 Å². The van der Waals surface area contributed by atoms with E-state index in [0.717, 1.165) is 45.7 Å². The lowest BCUT2D eigenvalue weighted by molar-refractivity contribution is -0.907. The van der Waals surface area contributed by atoms with E-state index in [9.17, 15) is 9.90 Å². The van der Waals surface area contributed by atoms with Crippen LogP contribution in [0.3, 0.4) is 0 Å². The van der Waals surface area contributed by atoms with Gasteiger partial charge in [-0.05, 0) is 17.5 Å². The van der Waals surface area contributed by atoms with Gasteiger partial charge in [0.25, 0.3) is 0 Å². The molecule has 2 aliphatic rings. The summed E-state index contributed by atoms with van der Waals surface area (Å²) in [5.41, 5.74) is 2.66. The second-order valence-corrected chi connectivity index (χ2v) is 8.31. The highest BCUT2D eigenvalue weighted by molar-refractivity contribution is 5.78. The molecule has 2 heterocycles. The summed E-state index contributed by atoms with van der Waals surface area (Å²) in [7, 11) is 0. The van der Waals surface area contributed by atoms with Crippen LogP contribution >= 0.6 is 0 Å². The number of nitrogens with zero attached hydrogens (tertiary/aromatic N) is 2. The van der Waals surface area contributed by atoms with Gasteiger partial charge in [0, 0.05) is 26.1 Å². The van der Waals surface area contributed by atoms with E-state index in [0.29, 0.717) is 13.0 Å². The highest BCUT2D eigenvalue weighted by Gasteiger charge is 2.30. The Labute approximate surface area is 185 Å². The first-order valence-corrected chi connectivity index (χ1v) is 10.8. The van der Waals surface area contributed by atoms with Crippen molar-refractivity contribution < 1.29 is 27.2 Å². The van der Waals surface area contributed by atoms with Crippen molar-refractivity contribution in [3.05, 3.63) is 71.8 Å². The second kappa shape index (κ2) is 10.9. The second-order valence-electron chi connectivity index (χ2n) is 8.31. The Bertz CT molecular complexity index is 742. The van der Waals surface area contributed by atoms with Crippen LogP contribution in [0.15, 0.2) is 60.7 Å². The van der Waals surface area contributed by atoms with Crippen LogP contribution in [0.2, 0.25) is 0 Å². The predicted octanol–water partition coefficient (Wildman–Crippen LogP) is -2.04. The molecule has 2 saturated heterocycles. The van der Waals surface area contributed by atoms with E-state index in [2.05, 4.69) is 65.6 Å². The van der Waals surface area contributed by atoms with E-state index >= 15 is 0 Å². The number of amides is 1. The summed E-state index contributed by atoms with van der Waals surface area (Å²) in [6, 6.07) is 21.7. The lowest BCUT2D eigenvalue weighted by Crippen LogP contribution is -3.15. The van der Waals surface area contributed by atoms with Gasteiger partial charge in [0.2, 0.25) is 5.91 Å². The molecule has 162 valence electrons. The standard InChI is InChI=1S/C24H31N3O2.ClH/c28-22(19-27-13-7-12-23(27)29)18-25-14-16-26(17-15-25)24(20-8-3-1-4-9-20)21-10-5-2-6-11-21;/h1-6,8-11,22,24,28H,7,12-19H2;1H. The number of aliphatic hydroxyl groups is 1. The minimum absolute atomic E-state index is 0. The lowest BCUT2D eigenvalue weighted by Gasteiger charge is -2.38. The maximum Gasteiger partial charge on any atom is 0.222 e. The third kappa shape index (κ3) is 5.61. The smallest absolute Gasteiger partial charge is 0.222 e. The summed E-state index contributed by atoms with van der Waals surface area (Å²) >= 11 is 0. The van der Waals surface area contributed by atoms with Gasteiger partial charge in [-0.25, -0.2) is 0 Å². The van der Waals surface area contributed by atoms with Gasteiger partial charge < -0.3 is 27.3 Å². The van der Waals surface area contributed by atoms with Crippen molar-refractivity contribution >= 4 is 5.91 Å². The van der Waals surface area contributed by atoms with Crippen LogP contribution < -0.4 is 17.3 Å². The molecule has 2 N–H and O–H groups in total. The van der Waals surface area contributed by atoms with Gasteiger partial charge in [-0.1, -0.05) is 60.7 Å². The Balaban J connectivity index is 0.00000256. The van der Waals surface area contributed by atoms with Crippen LogP contribution in [0.5, 0.6) is 0 Å². The van der Waals surface area contributed by atoms with E-state index in [1.165, 1.54) is 16.0 Å². The van der Waals surface area contributed by atoms with Gasteiger partial charge in [0.15, 0.2) is 0 Å². The molecule has 0 aliphatic carbocycles. The van der Waals surface area contributed by atoms with Gasteiger partial charge in [0.1, 0.15) is 12.6 Å². The number of quaternary nitrogens is 1. The minimum atomic E-state index is -0.433. The third-order valence-electron chi connectivity index (χ3n) is 6.23. The number of piperazine rings is 1. The number of hydrogen-bond donors (Lipinski definition) is 2. The fourth-order valence-electron chi connectivity index (χ4n) is 4.74. The normalized spacial score (nSPS) is 19.1. The van der Waals surface area contributed by atoms with Gasteiger partial charge in [0.05, 0.1) is 25.7 Å². The molecule has 1 atom stereocenters. The Morgan fingerprint density at radius 3 is 1.97 bits per heavy atom. The molecule has 0 radical (unpaired) electrons. The molecule has 30 heavy (non-hydrogen) atoms. The topological polar surface area (TPSA) is 48.2 Å². The number of benzene rings is 2. The van der Waals surface area contributed by atoms with Gasteiger partial charge in [-0.15, -0.1) is 0 Å². The largest absolute Gasteiger partial charge is 1.00 e. The third-order valence-corrected chi connectivity index (χ3v) is 6.23. The average molecular weight is 430 g/mol. The fourth-order valence-corrected chi connectivity index (χ4v) is 4.74. The number of hydrogen-bond acceptors (Lipinski definition) is 3. The molecule has 0 bridgehead atoms. The first-order chi connectivity index (χ1) is 14.2. The van der Waals surface area contributed by atoms with E-state index in [-0.39, 0.29) is 24.4 Å². The van der Waals surface area contributed by atoms with E-state index < -0.39 is 6.10 Å². The lowest BCUT2D eigenvalue weighted by atomic mass is 9.96. The average Bonchev–Trinajstić information content (AvgIpc) is 3.15. The quantitative estimate of drug-likeness (QED) is 0.533. The number of carbonyl (C=O) groups is 1. The molecule has 0 spiro atoms. The monoisotopic (exact) mass is 429 g/mol. The Hall–Kier alpha value is -1.92. The molecule has 5 nitrogen and oxygen atoms in total. The first-order valence-electron chi connectivity index (χ1n) is 10.8. The highest BCUT2D eigenvalue weighted by atomic mass is 35.5. The van der Waals surface area contributed by atoms with Gasteiger partial charge in [-0.2, -0.15) is 0 Å². The summed E-state index contributed by atoms with van der Waals surface area (Å²) < 4.78 is 0. The zero-order chi connectivity index (χ0) is 20.1. The summed E-state index contributed by atoms with van der Waals surface area (Å²) in [4.78, 5) is 17.6. The minimum Gasteiger partial charge on any atom is -1.00 e. The molecule has 2 aliphatic heterocycles. The number of β-amino-alcohol motifs (C(OH)–C–C–N with tert-alkyl or cyclic N) is 1. The maximum absolute atomic E-state index is 11.8. The van der Waals surface area contributed by atoms with Crippen molar-refractivity contribution in [2.24, 2.45) is 0 Å².